The molecule has 0 aromatic carbocycles. The van der Waals surface area contributed by atoms with Gasteiger partial charge in [-0.05, 0) is 17.5 Å². The number of hydrogen-bond donors (Lipinski definition) is 0. The van der Waals surface area contributed by atoms with Gasteiger partial charge in [-0.3, -0.25) is 0 Å². The predicted molar refractivity (Wildman–Crippen MR) is 52.4 cm³/mol. The minimum Gasteiger partial charge on any atom is -0.244 e. The van der Waals surface area contributed by atoms with Gasteiger partial charge < -0.3 is 0 Å². The molecule has 0 N–H and O–H groups in total. The summed E-state index contributed by atoms with van der Waals surface area (Å²) in [5.41, 5.74) is 0.932. The molecule has 1 atom stereocenters. The first-order valence-corrected chi connectivity index (χ1v) is 4.54. The third-order valence-electron chi connectivity index (χ3n) is 1.92. The number of nitriles is 1. The molecule has 0 saturated carbocycles. The van der Waals surface area contributed by atoms with E-state index in [1.807, 2.05) is 19.9 Å². The topological polar surface area (TPSA) is 36.7 Å². The van der Waals surface area contributed by atoms with Gasteiger partial charge in [0.25, 0.3) is 0 Å². The Kier molecular flexibility index (Phi) is 3.27. The van der Waals surface area contributed by atoms with Crippen LogP contribution in [0.15, 0.2) is 18.3 Å². The first-order valence-electron chi connectivity index (χ1n) is 4.16. The molecule has 2 nitrogen and oxygen atoms in total. The Bertz CT molecular complexity index is 311. The number of aromatic nitrogens is 1. The van der Waals surface area contributed by atoms with Crippen LogP contribution in [-0.2, 0) is 0 Å². The Morgan fingerprint density at radius 3 is 2.54 bits per heavy atom. The normalized spacial score (nSPS) is 12.5. The van der Waals surface area contributed by atoms with Gasteiger partial charge in [0, 0.05) is 6.20 Å². The Hall–Kier alpha value is -1.07. The molecule has 1 heterocycles. The second-order valence-electron chi connectivity index (χ2n) is 3.27. The fourth-order valence-electron chi connectivity index (χ4n) is 1.18. The molecule has 0 fully saturated rings. The van der Waals surface area contributed by atoms with E-state index in [0.29, 0.717) is 11.1 Å². The lowest BCUT2D eigenvalue weighted by Crippen LogP contribution is -2.04. The van der Waals surface area contributed by atoms with E-state index < -0.39 is 0 Å². The van der Waals surface area contributed by atoms with Crippen molar-refractivity contribution in [2.45, 2.75) is 19.8 Å². The van der Waals surface area contributed by atoms with E-state index in [1.54, 1.807) is 12.3 Å². The minimum atomic E-state index is -0.0928. The van der Waals surface area contributed by atoms with Crippen LogP contribution in [0.4, 0.5) is 0 Å². The average Bonchev–Trinajstić information content (AvgIpc) is 2.09. The van der Waals surface area contributed by atoms with Crippen LogP contribution < -0.4 is 0 Å². The van der Waals surface area contributed by atoms with Crippen LogP contribution >= 0.6 is 11.6 Å². The average molecular weight is 195 g/mol. The monoisotopic (exact) mass is 194 g/mol. The highest BCUT2D eigenvalue weighted by Crippen LogP contribution is 2.23. The molecule has 1 aromatic heterocycles. The van der Waals surface area contributed by atoms with E-state index in [9.17, 15) is 0 Å². The van der Waals surface area contributed by atoms with Crippen LogP contribution in [0.5, 0.6) is 0 Å². The SMILES string of the molecule is CC(C)C(C#N)c1ccc(Cl)nc1. The van der Waals surface area contributed by atoms with Crippen molar-refractivity contribution in [3.63, 3.8) is 0 Å². The molecule has 0 radical (unpaired) electrons. The van der Waals surface area contributed by atoms with Gasteiger partial charge >= 0.3 is 0 Å². The number of pyridine rings is 1. The summed E-state index contributed by atoms with van der Waals surface area (Å²) in [6.07, 6.45) is 1.66. The highest BCUT2D eigenvalue weighted by molar-refractivity contribution is 6.29. The molecule has 0 amide bonds. The largest absolute Gasteiger partial charge is 0.244 e. The zero-order chi connectivity index (χ0) is 9.84. The molecule has 0 saturated heterocycles. The van der Waals surface area contributed by atoms with Crippen molar-refractivity contribution in [2.24, 2.45) is 5.92 Å². The summed E-state index contributed by atoms with van der Waals surface area (Å²) in [5, 5.41) is 9.37. The maximum absolute atomic E-state index is 8.91. The number of halogens is 1. The summed E-state index contributed by atoms with van der Waals surface area (Å²) in [6.45, 7) is 4.03. The van der Waals surface area contributed by atoms with Crippen molar-refractivity contribution >= 4 is 11.6 Å². The molecule has 3 heteroatoms. The lowest BCUT2D eigenvalue weighted by atomic mass is 9.91. The first-order chi connectivity index (χ1) is 6.15. The van der Waals surface area contributed by atoms with Gasteiger partial charge in [0.1, 0.15) is 5.15 Å². The summed E-state index contributed by atoms with van der Waals surface area (Å²) in [4.78, 5) is 3.94. The number of hydrogen-bond acceptors (Lipinski definition) is 2. The van der Waals surface area contributed by atoms with E-state index in [4.69, 9.17) is 16.9 Å². The van der Waals surface area contributed by atoms with Crippen molar-refractivity contribution in [1.82, 2.24) is 4.98 Å². The van der Waals surface area contributed by atoms with Crippen molar-refractivity contribution in [3.8, 4) is 6.07 Å². The van der Waals surface area contributed by atoms with Gasteiger partial charge in [-0.1, -0.05) is 31.5 Å². The molecular formula is C10H11ClN2. The fraction of sp³-hybridized carbons (Fsp3) is 0.400. The van der Waals surface area contributed by atoms with E-state index in [1.165, 1.54) is 0 Å². The standard InChI is InChI=1S/C10H11ClN2/c1-7(2)9(5-12)8-3-4-10(11)13-6-8/h3-4,6-7,9H,1-2H3. The molecule has 13 heavy (non-hydrogen) atoms. The lowest BCUT2D eigenvalue weighted by Gasteiger charge is -2.12. The van der Waals surface area contributed by atoms with Crippen LogP contribution in [0.25, 0.3) is 0 Å². The third-order valence-corrected chi connectivity index (χ3v) is 2.14. The molecule has 0 aliphatic rings. The summed E-state index contributed by atoms with van der Waals surface area (Å²) in [6, 6.07) is 5.82. The number of rotatable bonds is 2. The minimum absolute atomic E-state index is 0.0928. The molecule has 0 bridgehead atoms. The lowest BCUT2D eigenvalue weighted by molar-refractivity contribution is 0.586. The molecule has 0 aliphatic carbocycles. The van der Waals surface area contributed by atoms with Crippen LogP contribution in [0.2, 0.25) is 5.15 Å². The first kappa shape index (κ1) is 10.0. The smallest absolute Gasteiger partial charge is 0.129 e. The maximum Gasteiger partial charge on any atom is 0.129 e. The molecule has 0 spiro atoms. The van der Waals surface area contributed by atoms with E-state index in [2.05, 4.69) is 11.1 Å². The van der Waals surface area contributed by atoms with Gasteiger partial charge in [-0.2, -0.15) is 5.26 Å². The van der Waals surface area contributed by atoms with Gasteiger partial charge in [0.15, 0.2) is 0 Å². The highest BCUT2D eigenvalue weighted by Gasteiger charge is 2.14. The maximum atomic E-state index is 8.91. The van der Waals surface area contributed by atoms with E-state index >= 15 is 0 Å². The van der Waals surface area contributed by atoms with Crippen molar-refractivity contribution in [2.75, 3.05) is 0 Å². The number of nitrogens with zero attached hydrogens (tertiary/aromatic N) is 2. The van der Waals surface area contributed by atoms with Crippen LogP contribution in [0.1, 0.15) is 25.3 Å². The van der Waals surface area contributed by atoms with Crippen LogP contribution in [0.3, 0.4) is 0 Å². The summed E-state index contributed by atoms with van der Waals surface area (Å²) in [7, 11) is 0. The quantitative estimate of drug-likeness (QED) is 0.679. The Morgan fingerprint density at radius 1 is 1.46 bits per heavy atom. The second-order valence-corrected chi connectivity index (χ2v) is 3.65. The molecule has 68 valence electrons. The van der Waals surface area contributed by atoms with Crippen LogP contribution in [-0.4, -0.2) is 4.98 Å². The van der Waals surface area contributed by atoms with Crippen molar-refractivity contribution < 1.29 is 0 Å². The highest BCUT2D eigenvalue weighted by atomic mass is 35.5. The zero-order valence-corrected chi connectivity index (χ0v) is 8.42. The molecular weight excluding hydrogens is 184 g/mol. The Labute approximate surface area is 83.2 Å². The predicted octanol–water partition coefficient (Wildman–Crippen LogP) is 3.00. The van der Waals surface area contributed by atoms with E-state index in [0.717, 1.165) is 5.56 Å². The summed E-state index contributed by atoms with van der Waals surface area (Å²) in [5.74, 6) is 0.206. The van der Waals surface area contributed by atoms with Gasteiger partial charge in [0.05, 0.1) is 12.0 Å². The van der Waals surface area contributed by atoms with Crippen molar-refractivity contribution in [3.05, 3.63) is 29.0 Å². The summed E-state index contributed by atoms with van der Waals surface area (Å²) >= 11 is 5.65. The Morgan fingerprint density at radius 2 is 2.15 bits per heavy atom. The second kappa shape index (κ2) is 4.25. The van der Waals surface area contributed by atoms with Crippen molar-refractivity contribution in [1.29, 1.82) is 5.26 Å². The van der Waals surface area contributed by atoms with Gasteiger partial charge in [-0.15, -0.1) is 0 Å². The third kappa shape index (κ3) is 2.43. The van der Waals surface area contributed by atoms with E-state index in [-0.39, 0.29) is 5.92 Å². The zero-order valence-electron chi connectivity index (χ0n) is 7.66. The molecule has 1 unspecified atom stereocenters. The molecule has 0 aliphatic heterocycles. The fourth-order valence-corrected chi connectivity index (χ4v) is 1.29. The van der Waals surface area contributed by atoms with Crippen LogP contribution in [0, 0.1) is 17.2 Å². The molecule has 1 rings (SSSR count). The molecule has 1 aromatic rings. The summed E-state index contributed by atoms with van der Waals surface area (Å²) < 4.78 is 0. The Balaban J connectivity index is 2.94. The van der Waals surface area contributed by atoms with Gasteiger partial charge in [-0.25, -0.2) is 4.98 Å². The van der Waals surface area contributed by atoms with Gasteiger partial charge in [0.2, 0.25) is 0 Å².